The molecule has 1 amide bonds. The molecule has 0 aliphatic carbocycles. The van der Waals surface area contributed by atoms with Gasteiger partial charge in [0, 0.05) is 23.0 Å². The molecule has 0 N–H and O–H groups in total. The van der Waals surface area contributed by atoms with Crippen LogP contribution in [0.4, 0.5) is 5.13 Å². The van der Waals surface area contributed by atoms with Crippen molar-refractivity contribution in [3.05, 3.63) is 72.2 Å². The van der Waals surface area contributed by atoms with Crippen LogP contribution in [0.1, 0.15) is 48.7 Å². The van der Waals surface area contributed by atoms with Gasteiger partial charge in [0.05, 0.1) is 27.9 Å². The molecule has 1 unspecified atom stereocenters. The number of amides is 1. The number of thioether (sulfide) groups is 1. The van der Waals surface area contributed by atoms with Gasteiger partial charge >= 0.3 is 0 Å². The summed E-state index contributed by atoms with van der Waals surface area (Å²) in [7, 11) is -3.62. The molecule has 7 nitrogen and oxygen atoms in total. The van der Waals surface area contributed by atoms with Crippen LogP contribution < -0.4 is 4.90 Å². The molecule has 2 aromatic heterocycles. The highest BCUT2D eigenvalue weighted by Crippen LogP contribution is 2.35. The van der Waals surface area contributed by atoms with E-state index in [9.17, 15) is 13.2 Å². The maximum absolute atomic E-state index is 13.7. The van der Waals surface area contributed by atoms with Gasteiger partial charge in [-0.2, -0.15) is 4.31 Å². The normalized spacial score (nSPS) is 16.8. The molecule has 3 heterocycles. The van der Waals surface area contributed by atoms with Crippen LogP contribution in [-0.4, -0.2) is 42.5 Å². The highest BCUT2D eigenvalue weighted by molar-refractivity contribution is 7.98. The van der Waals surface area contributed by atoms with Crippen molar-refractivity contribution in [2.75, 3.05) is 17.7 Å². The topological polar surface area (TPSA) is 83.7 Å². The van der Waals surface area contributed by atoms with Crippen LogP contribution >= 0.6 is 23.1 Å². The molecule has 37 heavy (non-hydrogen) atoms. The minimum absolute atomic E-state index is 0.0223. The highest BCUT2D eigenvalue weighted by Gasteiger charge is 2.33. The lowest BCUT2D eigenvalue weighted by molar-refractivity contribution is 0.0983. The summed E-state index contributed by atoms with van der Waals surface area (Å²) in [6.45, 7) is 2.78. The van der Waals surface area contributed by atoms with E-state index in [1.165, 1.54) is 11.3 Å². The number of fused-ring (bicyclic) bond motifs is 1. The Bertz CT molecular complexity index is 1480. The third kappa shape index (κ3) is 5.20. The van der Waals surface area contributed by atoms with E-state index in [1.807, 2.05) is 37.4 Å². The molecule has 2 aromatic carbocycles. The largest absolute Gasteiger partial charge is 0.467 e. The summed E-state index contributed by atoms with van der Waals surface area (Å²) < 4.78 is 34.9. The number of piperidine rings is 1. The van der Waals surface area contributed by atoms with E-state index in [0.29, 0.717) is 23.0 Å². The molecule has 0 spiro atoms. The standard InChI is InChI=1S/C27H29N3O4S3/c1-3-20-8-4-5-16-30(20)37(32,33)22-14-12-19(13-15-22)26(31)29(18-21-9-7-17-34-21)27-28-25-23(35-2)10-6-11-24(25)36-27/h6-7,9-15,17,20H,3-5,8,16,18H2,1-2H3. The lowest BCUT2D eigenvalue weighted by atomic mass is 10.0. The van der Waals surface area contributed by atoms with E-state index < -0.39 is 10.0 Å². The summed E-state index contributed by atoms with van der Waals surface area (Å²) in [5, 5.41) is 0.564. The van der Waals surface area contributed by atoms with Gasteiger partial charge in [-0.1, -0.05) is 30.7 Å². The summed E-state index contributed by atoms with van der Waals surface area (Å²) in [6.07, 6.45) is 7.17. The van der Waals surface area contributed by atoms with Crippen LogP contribution in [-0.2, 0) is 16.6 Å². The number of thiazole rings is 1. The maximum Gasteiger partial charge on any atom is 0.260 e. The third-order valence-electron chi connectivity index (χ3n) is 6.71. The Labute approximate surface area is 225 Å². The van der Waals surface area contributed by atoms with Crippen LogP contribution in [0.5, 0.6) is 0 Å². The minimum atomic E-state index is -3.62. The summed E-state index contributed by atoms with van der Waals surface area (Å²) in [5.41, 5.74) is 1.25. The van der Waals surface area contributed by atoms with Crippen LogP contribution in [0.25, 0.3) is 10.2 Å². The van der Waals surface area contributed by atoms with Gasteiger partial charge in [0.1, 0.15) is 5.76 Å². The molecule has 1 aliphatic heterocycles. The van der Waals surface area contributed by atoms with E-state index >= 15 is 0 Å². The minimum Gasteiger partial charge on any atom is -0.467 e. The van der Waals surface area contributed by atoms with E-state index in [-0.39, 0.29) is 23.4 Å². The number of sulfonamides is 1. The van der Waals surface area contributed by atoms with Crippen molar-refractivity contribution in [3.8, 4) is 0 Å². The van der Waals surface area contributed by atoms with Crippen molar-refractivity contribution in [3.63, 3.8) is 0 Å². The van der Waals surface area contributed by atoms with Gasteiger partial charge in [0.25, 0.3) is 5.91 Å². The molecular weight excluding hydrogens is 527 g/mol. The first-order chi connectivity index (χ1) is 17.9. The van der Waals surface area contributed by atoms with Crippen molar-refractivity contribution < 1.29 is 17.6 Å². The Hall–Kier alpha value is -2.66. The molecule has 0 saturated carbocycles. The van der Waals surface area contributed by atoms with Crippen LogP contribution in [0.15, 0.2) is 75.1 Å². The molecule has 194 valence electrons. The fourth-order valence-electron chi connectivity index (χ4n) is 4.74. The zero-order chi connectivity index (χ0) is 26.0. The highest BCUT2D eigenvalue weighted by atomic mass is 32.2. The van der Waals surface area contributed by atoms with Crippen LogP contribution in [0.2, 0.25) is 0 Å². The SMILES string of the molecule is CCC1CCCCN1S(=O)(=O)c1ccc(C(=O)N(Cc2ccco2)c2nc3c(SC)cccc3s2)cc1. The van der Waals surface area contributed by atoms with Gasteiger partial charge in [-0.25, -0.2) is 13.4 Å². The summed E-state index contributed by atoms with van der Waals surface area (Å²) >= 11 is 3.06. The molecule has 0 bridgehead atoms. The molecule has 1 saturated heterocycles. The Kier molecular flexibility index (Phi) is 7.71. The first kappa shape index (κ1) is 26.0. The molecule has 10 heteroatoms. The van der Waals surface area contributed by atoms with Gasteiger partial charge in [-0.3, -0.25) is 9.69 Å². The fourth-order valence-corrected chi connectivity index (χ4v) is 8.12. The van der Waals surface area contributed by atoms with Gasteiger partial charge in [-0.05, 0) is 74.0 Å². The molecule has 4 aromatic rings. The molecule has 1 fully saturated rings. The van der Waals surface area contributed by atoms with Gasteiger partial charge < -0.3 is 4.42 Å². The zero-order valence-corrected chi connectivity index (χ0v) is 23.2. The number of aromatic nitrogens is 1. The van der Waals surface area contributed by atoms with Crippen molar-refractivity contribution in [2.45, 2.75) is 55.0 Å². The average molecular weight is 556 g/mol. The Morgan fingerprint density at radius 3 is 2.68 bits per heavy atom. The number of anilines is 1. The third-order valence-corrected chi connectivity index (χ3v) is 10.5. The number of benzene rings is 2. The number of rotatable bonds is 8. The molecule has 5 rings (SSSR count). The van der Waals surface area contributed by atoms with E-state index in [4.69, 9.17) is 9.40 Å². The Morgan fingerprint density at radius 2 is 1.97 bits per heavy atom. The Morgan fingerprint density at radius 1 is 1.16 bits per heavy atom. The predicted octanol–water partition coefficient (Wildman–Crippen LogP) is 6.41. The zero-order valence-electron chi connectivity index (χ0n) is 20.8. The summed E-state index contributed by atoms with van der Waals surface area (Å²) in [6, 6.07) is 15.9. The average Bonchev–Trinajstić information content (AvgIpc) is 3.61. The second-order valence-electron chi connectivity index (χ2n) is 8.97. The lowest BCUT2D eigenvalue weighted by Gasteiger charge is -2.34. The van der Waals surface area contributed by atoms with E-state index in [1.54, 1.807) is 57.6 Å². The number of nitrogens with zero attached hydrogens (tertiary/aromatic N) is 3. The Balaban J connectivity index is 1.47. The predicted molar refractivity (Wildman–Crippen MR) is 149 cm³/mol. The first-order valence-corrected chi connectivity index (χ1v) is 15.8. The van der Waals surface area contributed by atoms with Crippen molar-refractivity contribution in [1.82, 2.24) is 9.29 Å². The number of hydrogen-bond acceptors (Lipinski definition) is 7. The van der Waals surface area contributed by atoms with Crippen molar-refractivity contribution in [2.24, 2.45) is 0 Å². The lowest BCUT2D eigenvalue weighted by Crippen LogP contribution is -2.43. The molecule has 1 aliphatic rings. The number of carbonyl (C=O) groups excluding carboxylic acids is 1. The number of hydrogen-bond donors (Lipinski definition) is 0. The second-order valence-corrected chi connectivity index (χ2v) is 12.7. The monoisotopic (exact) mass is 555 g/mol. The quantitative estimate of drug-likeness (QED) is 0.234. The number of para-hydroxylation sites is 1. The van der Waals surface area contributed by atoms with Gasteiger partial charge in [0.15, 0.2) is 5.13 Å². The maximum atomic E-state index is 13.7. The van der Waals surface area contributed by atoms with Crippen LogP contribution in [0.3, 0.4) is 0 Å². The molecule has 1 atom stereocenters. The van der Waals surface area contributed by atoms with Crippen molar-refractivity contribution >= 4 is 54.4 Å². The summed E-state index contributed by atoms with van der Waals surface area (Å²) in [4.78, 5) is 21.4. The first-order valence-electron chi connectivity index (χ1n) is 12.3. The molecular formula is C27H29N3O4S3. The number of carbonyl (C=O) groups is 1. The van der Waals surface area contributed by atoms with Crippen LogP contribution in [0, 0.1) is 0 Å². The fraction of sp³-hybridized carbons (Fsp3) is 0.333. The smallest absolute Gasteiger partial charge is 0.260 e. The van der Waals surface area contributed by atoms with Crippen molar-refractivity contribution in [1.29, 1.82) is 0 Å². The molecule has 0 radical (unpaired) electrons. The van der Waals surface area contributed by atoms with E-state index in [2.05, 4.69) is 0 Å². The number of furan rings is 1. The van der Waals surface area contributed by atoms with Gasteiger partial charge in [0.2, 0.25) is 10.0 Å². The van der Waals surface area contributed by atoms with E-state index in [0.717, 1.165) is 40.8 Å². The summed E-state index contributed by atoms with van der Waals surface area (Å²) in [5.74, 6) is 0.363. The van der Waals surface area contributed by atoms with Gasteiger partial charge in [-0.15, -0.1) is 11.8 Å². The second kappa shape index (κ2) is 11.0.